The number of pyridine rings is 1. The Balaban J connectivity index is 1.09. The first-order valence-electron chi connectivity index (χ1n) is 17.9. The second kappa shape index (κ2) is 13.1. The van der Waals surface area contributed by atoms with Crippen molar-refractivity contribution in [1.82, 2.24) is 9.97 Å². The van der Waals surface area contributed by atoms with Gasteiger partial charge in [-0.05, 0) is 91.7 Å². The summed E-state index contributed by atoms with van der Waals surface area (Å²) >= 11 is 1.74. The van der Waals surface area contributed by atoms with Crippen LogP contribution in [-0.2, 0) is 0 Å². The molecule has 2 aromatic heterocycles. The first-order chi connectivity index (χ1) is 26.2. The molecule has 10 aromatic rings. The lowest BCUT2D eigenvalue weighted by Crippen LogP contribution is -1.92. The zero-order chi connectivity index (χ0) is 35.1. The van der Waals surface area contributed by atoms with Crippen molar-refractivity contribution in [2.75, 3.05) is 0 Å². The number of rotatable bonds is 6. The summed E-state index contributed by atoms with van der Waals surface area (Å²) in [6.45, 7) is 0. The lowest BCUT2D eigenvalue weighted by molar-refractivity contribution is 1.40. The fourth-order valence-corrected chi connectivity index (χ4v) is 8.52. The van der Waals surface area contributed by atoms with E-state index in [4.69, 9.17) is 9.97 Å². The first-order valence-corrected chi connectivity index (χ1v) is 18.7. The number of hydrogen-bond acceptors (Lipinski definition) is 3. The minimum Gasteiger partial charge on any atom is -0.248 e. The average Bonchev–Trinajstić information content (AvgIpc) is 3.67. The van der Waals surface area contributed by atoms with Gasteiger partial charge in [-0.2, -0.15) is 0 Å². The summed E-state index contributed by atoms with van der Waals surface area (Å²) < 4.78 is 1.19. The molecule has 0 amide bonds. The van der Waals surface area contributed by atoms with Crippen molar-refractivity contribution >= 4 is 43.2 Å². The maximum atomic E-state index is 5.18. The average molecular weight is 693 g/mol. The van der Waals surface area contributed by atoms with Crippen LogP contribution in [0.5, 0.6) is 0 Å². The third-order valence-electron chi connectivity index (χ3n) is 10.1. The Morgan fingerprint density at radius 2 is 0.981 bits per heavy atom. The van der Waals surface area contributed by atoms with Crippen LogP contribution in [0.2, 0.25) is 0 Å². The number of hydrogen-bond donors (Lipinski definition) is 0. The van der Waals surface area contributed by atoms with Gasteiger partial charge in [0.05, 0.1) is 21.4 Å². The number of thiazole rings is 1. The Morgan fingerprint density at radius 3 is 1.83 bits per heavy atom. The van der Waals surface area contributed by atoms with Crippen LogP contribution in [0, 0.1) is 0 Å². The van der Waals surface area contributed by atoms with Crippen molar-refractivity contribution in [2.24, 2.45) is 0 Å². The Labute approximate surface area is 312 Å². The highest BCUT2D eigenvalue weighted by molar-refractivity contribution is 7.21. The quantitative estimate of drug-likeness (QED) is 0.173. The highest BCUT2D eigenvalue weighted by atomic mass is 32.1. The number of fused-ring (bicyclic) bond motifs is 3. The van der Waals surface area contributed by atoms with E-state index >= 15 is 0 Å². The highest BCUT2D eigenvalue weighted by Gasteiger charge is 2.16. The number of benzene rings is 8. The molecule has 0 radical (unpaired) electrons. The van der Waals surface area contributed by atoms with E-state index in [0.717, 1.165) is 43.8 Å². The van der Waals surface area contributed by atoms with Gasteiger partial charge in [-0.1, -0.05) is 158 Å². The van der Waals surface area contributed by atoms with E-state index in [2.05, 4.69) is 188 Å². The van der Waals surface area contributed by atoms with Gasteiger partial charge in [-0.3, -0.25) is 0 Å². The molecule has 0 aliphatic rings. The van der Waals surface area contributed by atoms with Crippen LogP contribution in [0.15, 0.2) is 194 Å². The molecule has 2 heterocycles. The first kappa shape index (κ1) is 31.1. The van der Waals surface area contributed by atoms with Gasteiger partial charge in [-0.25, -0.2) is 9.97 Å². The SMILES string of the molecule is c1ccc(-c2nc3ccc(-c4cccc(-c5c(-c6cccc(-c7cc(-c8ccccc8)c8ccccc8n7)c6)ccc6ccccc56)c4)cc3s2)cc1. The Bertz CT molecular complexity index is 2950. The molecule has 0 aliphatic carbocycles. The van der Waals surface area contributed by atoms with E-state index in [1.807, 2.05) is 6.07 Å². The predicted molar refractivity (Wildman–Crippen MR) is 225 cm³/mol. The van der Waals surface area contributed by atoms with E-state index < -0.39 is 0 Å². The van der Waals surface area contributed by atoms with Gasteiger partial charge >= 0.3 is 0 Å². The normalized spacial score (nSPS) is 11.4. The molecule has 248 valence electrons. The van der Waals surface area contributed by atoms with Crippen LogP contribution in [0.1, 0.15) is 0 Å². The molecule has 0 saturated carbocycles. The molecule has 0 fully saturated rings. The molecule has 0 saturated heterocycles. The van der Waals surface area contributed by atoms with Crippen LogP contribution in [0.25, 0.3) is 98.2 Å². The largest absolute Gasteiger partial charge is 0.248 e. The van der Waals surface area contributed by atoms with Gasteiger partial charge in [0.25, 0.3) is 0 Å². The third-order valence-corrected chi connectivity index (χ3v) is 11.2. The standard InChI is InChI=1S/C50H32N2S/c1-3-13-33(14-4-1)44-32-47(51-45-24-10-9-23-43(44)45)39-20-12-19-38(30-39)42-27-25-34-15-7-8-22-41(34)49(42)40-21-11-18-36(29-40)37-26-28-46-48(31-37)53-50(52-46)35-16-5-2-6-17-35/h1-32H. The minimum atomic E-state index is 0.961. The molecule has 0 atom stereocenters. The molecule has 0 unspecified atom stereocenters. The number of aromatic nitrogens is 2. The zero-order valence-corrected chi connectivity index (χ0v) is 29.6. The van der Waals surface area contributed by atoms with Gasteiger partial charge in [-0.15, -0.1) is 11.3 Å². The molecule has 53 heavy (non-hydrogen) atoms. The molecular weight excluding hydrogens is 661 g/mol. The smallest absolute Gasteiger partial charge is 0.124 e. The fraction of sp³-hybridized carbons (Fsp3) is 0. The van der Waals surface area contributed by atoms with Crippen LogP contribution >= 0.6 is 11.3 Å². The second-order valence-electron chi connectivity index (χ2n) is 13.4. The summed E-state index contributed by atoms with van der Waals surface area (Å²) in [5.74, 6) is 0. The maximum Gasteiger partial charge on any atom is 0.124 e. The lowest BCUT2D eigenvalue weighted by Gasteiger charge is -2.16. The molecular formula is C50H32N2S. The topological polar surface area (TPSA) is 25.8 Å². The summed E-state index contributed by atoms with van der Waals surface area (Å²) in [5, 5.41) is 4.65. The Kier molecular flexibility index (Phi) is 7.71. The van der Waals surface area contributed by atoms with Gasteiger partial charge in [0.15, 0.2) is 0 Å². The van der Waals surface area contributed by atoms with E-state index in [0.29, 0.717) is 0 Å². The van der Waals surface area contributed by atoms with Crippen molar-refractivity contribution in [3.63, 3.8) is 0 Å². The highest BCUT2D eigenvalue weighted by Crippen LogP contribution is 2.42. The predicted octanol–water partition coefficient (Wildman–Crippen LogP) is 14.0. The molecule has 8 aromatic carbocycles. The van der Waals surface area contributed by atoms with Crippen LogP contribution in [-0.4, -0.2) is 9.97 Å². The second-order valence-corrected chi connectivity index (χ2v) is 14.4. The third kappa shape index (κ3) is 5.78. The van der Waals surface area contributed by atoms with Crippen LogP contribution in [0.4, 0.5) is 0 Å². The van der Waals surface area contributed by atoms with Crippen LogP contribution in [0.3, 0.4) is 0 Å². The molecule has 0 spiro atoms. The Hall–Kier alpha value is -6.68. The molecule has 2 nitrogen and oxygen atoms in total. The summed E-state index contributed by atoms with van der Waals surface area (Å²) in [5.41, 5.74) is 14.7. The van der Waals surface area contributed by atoms with Gasteiger partial charge < -0.3 is 0 Å². The molecule has 0 aliphatic heterocycles. The summed E-state index contributed by atoms with van der Waals surface area (Å²) in [7, 11) is 0. The summed E-state index contributed by atoms with van der Waals surface area (Å²) in [4.78, 5) is 10.1. The maximum absolute atomic E-state index is 5.18. The monoisotopic (exact) mass is 692 g/mol. The van der Waals surface area contributed by atoms with Gasteiger partial charge in [0, 0.05) is 16.5 Å². The van der Waals surface area contributed by atoms with E-state index in [-0.39, 0.29) is 0 Å². The van der Waals surface area contributed by atoms with E-state index in [9.17, 15) is 0 Å². The molecule has 0 N–H and O–H groups in total. The lowest BCUT2D eigenvalue weighted by atomic mass is 9.88. The van der Waals surface area contributed by atoms with Gasteiger partial charge in [0.2, 0.25) is 0 Å². The van der Waals surface area contributed by atoms with Crippen molar-refractivity contribution in [2.45, 2.75) is 0 Å². The van der Waals surface area contributed by atoms with Crippen molar-refractivity contribution in [3.05, 3.63) is 194 Å². The van der Waals surface area contributed by atoms with Crippen molar-refractivity contribution < 1.29 is 0 Å². The minimum absolute atomic E-state index is 0.961. The van der Waals surface area contributed by atoms with E-state index in [1.165, 1.54) is 54.4 Å². The molecule has 0 bridgehead atoms. The van der Waals surface area contributed by atoms with Crippen molar-refractivity contribution in [1.29, 1.82) is 0 Å². The number of para-hydroxylation sites is 1. The molecule has 3 heteroatoms. The van der Waals surface area contributed by atoms with Gasteiger partial charge in [0.1, 0.15) is 5.01 Å². The zero-order valence-electron chi connectivity index (χ0n) is 28.8. The molecule has 10 rings (SSSR count). The summed E-state index contributed by atoms with van der Waals surface area (Å²) in [6, 6.07) is 69.4. The van der Waals surface area contributed by atoms with Crippen molar-refractivity contribution in [3.8, 4) is 66.3 Å². The fourth-order valence-electron chi connectivity index (χ4n) is 7.51. The van der Waals surface area contributed by atoms with E-state index in [1.54, 1.807) is 11.3 Å². The summed E-state index contributed by atoms with van der Waals surface area (Å²) in [6.07, 6.45) is 0. The van der Waals surface area contributed by atoms with Crippen LogP contribution < -0.4 is 0 Å². The number of nitrogens with zero attached hydrogens (tertiary/aromatic N) is 2. The Morgan fingerprint density at radius 1 is 0.340 bits per heavy atom.